The summed E-state index contributed by atoms with van der Waals surface area (Å²) in [5, 5.41) is 9.94. The van der Waals surface area contributed by atoms with E-state index in [0.717, 1.165) is 55.4 Å². The highest BCUT2D eigenvalue weighted by atomic mass is 28.3. The lowest BCUT2D eigenvalue weighted by Crippen LogP contribution is -2.74. The molecule has 13 rings (SSSR count). The minimum absolute atomic E-state index is 0.603. The first-order valence-corrected chi connectivity index (χ1v) is 25.3. The maximum atomic E-state index is 6.25. The van der Waals surface area contributed by atoms with Crippen LogP contribution in [0.15, 0.2) is 259 Å². The van der Waals surface area contributed by atoms with Crippen LogP contribution in [0, 0.1) is 0 Å². The highest BCUT2D eigenvalue weighted by Gasteiger charge is 2.41. The van der Waals surface area contributed by atoms with Crippen LogP contribution in [-0.2, 0) is 0 Å². The molecule has 0 fully saturated rings. The first-order chi connectivity index (χ1) is 34.2. The number of hydrogen-bond acceptors (Lipinski definition) is 4. The Bertz CT molecular complexity index is 3830. The summed E-state index contributed by atoms with van der Waals surface area (Å²) in [4.78, 5) is 15.7. The fourth-order valence-corrected chi connectivity index (χ4v) is 15.1. The number of para-hydroxylation sites is 3. The summed E-state index contributed by atoms with van der Waals surface area (Å²) in [7, 11) is -2.73. The lowest BCUT2D eigenvalue weighted by molar-refractivity contribution is 0.669. The van der Waals surface area contributed by atoms with Gasteiger partial charge in [-0.25, -0.2) is 15.0 Å². The van der Waals surface area contributed by atoms with Gasteiger partial charge in [0.2, 0.25) is 0 Å². The summed E-state index contributed by atoms with van der Waals surface area (Å²) < 4.78 is 8.58. The Labute approximate surface area is 400 Å². The van der Waals surface area contributed by atoms with Crippen molar-refractivity contribution in [2.45, 2.75) is 0 Å². The molecule has 0 saturated carbocycles. The molecule has 0 saturated heterocycles. The molecule has 0 bridgehead atoms. The van der Waals surface area contributed by atoms with Gasteiger partial charge in [0.25, 0.3) is 0 Å². The minimum Gasteiger partial charge on any atom is -0.456 e. The van der Waals surface area contributed by atoms with Crippen LogP contribution in [0.2, 0.25) is 0 Å². The second-order valence-electron chi connectivity index (χ2n) is 17.5. The standard InChI is InChI=1S/C63H42N4OSi/c1-4-16-49(17-5-1)69(50-18-6-2-7-19-50,51-20-8-3-9-21-51)52-39-34-46(35-40-52)63-65-61(44-30-28-43(29-31-44)47-36-41-56-55-24-12-15-27-59(55)68-60(56)42-47)64-62(66-63)45-32-37-48(38-33-45)67-57-25-13-10-22-53(57)54-23-11-14-26-58(54)67/h1-42H. The third kappa shape index (κ3) is 6.88. The van der Waals surface area contributed by atoms with Crippen molar-refractivity contribution in [3.8, 4) is 51.0 Å². The largest absolute Gasteiger partial charge is 0.456 e. The molecule has 5 nitrogen and oxygen atoms in total. The van der Waals surface area contributed by atoms with Crippen LogP contribution < -0.4 is 20.7 Å². The van der Waals surface area contributed by atoms with Crippen LogP contribution in [0.3, 0.4) is 0 Å². The first kappa shape index (κ1) is 40.3. The van der Waals surface area contributed by atoms with Gasteiger partial charge < -0.3 is 8.98 Å². The molecule has 0 spiro atoms. The van der Waals surface area contributed by atoms with Crippen molar-refractivity contribution < 1.29 is 4.42 Å². The number of fused-ring (bicyclic) bond motifs is 6. The van der Waals surface area contributed by atoms with Crippen molar-refractivity contribution in [1.82, 2.24) is 19.5 Å². The van der Waals surface area contributed by atoms with Gasteiger partial charge in [0.15, 0.2) is 25.5 Å². The van der Waals surface area contributed by atoms with Crippen LogP contribution in [0.25, 0.3) is 94.7 Å². The van der Waals surface area contributed by atoms with Crippen molar-refractivity contribution in [3.05, 3.63) is 255 Å². The summed E-state index contributed by atoms with van der Waals surface area (Å²) in [5.74, 6) is 1.82. The van der Waals surface area contributed by atoms with Crippen LogP contribution in [-0.4, -0.2) is 27.6 Å². The van der Waals surface area contributed by atoms with Crippen LogP contribution in [0.4, 0.5) is 0 Å². The molecular formula is C63H42N4OSi. The maximum Gasteiger partial charge on any atom is 0.179 e. The van der Waals surface area contributed by atoms with Gasteiger partial charge in [-0.2, -0.15) is 0 Å². The molecule has 0 unspecified atom stereocenters. The fourth-order valence-electron chi connectivity index (χ4n) is 10.4. The van der Waals surface area contributed by atoms with Crippen molar-refractivity contribution in [2.75, 3.05) is 0 Å². The predicted molar refractivity (Wildman–Crippen MR) is 287 cm³/mol. The second-order valence-corrected chi connectivity index (χ2v) is 21.3. The van der Waals surface area contributed by atoms with Gasteiger partial charge >= 0.3 is 0 Å². The number of furan rings is 1. The van der Waals surface area contributed by atoms with Gasteiger partial charge in [-0.15, -0.1) is 0 Å². The van der Waals surface area contributed by atoms with Crippen molar-refractivity contribution in [3.63, 3.8) is 0 Å². The Morgan fingerprint density at radius 1 is 0.290 bits per heavy atom. The monoisotopic (exact) mass is 898 g/mol. The van der Waals surface area contributed by atoms with E-state index in [2.05, 4.69) is 247 Å². The molecule has 10 aromatic carbocycles. The normalized spacial score (nSPS) is 11.8. The average molecular weight is 899 g/mol. The van der Waals surface area contributed by atoms with E-state index >= 15 is 0 Å². The quantitative estimate of drug-likeness (QED) is 0.107. The van der Waals surface area contributed by atoms with Crippen molar-refractivity contribution >= 4 is 72.6 Å². The fraction of sp³-hybridized carbons (Fsp3) is 0. The van der Waals surface area contributed by atoms with Gasteiger partial charge in [0.05, 0.1) is 11.0 Å². The molecule has 0 aliphatic heterocycles. The SMILES string of the molecule is c1ccc([Si](c2ccccc2)(c2ccccc2)c2ccc(-c3nc(-c4ccc(-c5ccc6c(c5)oc5ccccc56)cc4)nc(-c4ccc(-n5c6ccccc6c6ccccc65)cc4)n3)cc2)cc1. The van der Waals surface area contributed by atoms with Gasteiger partial charge in [-0.05, 0) is 86.5 Å². The summed E-state index contributed by atoms with van der Waals surface area (Å²) in [5.41, 5.74) is 10.0. The molecule has 0 atom stereocenters. The maximum absolute atomic E-state index is 6.25. The summed E-state index contributed by atoms with van der Waals surface area (Å²) in [6.45, 7) is 0. The van der Waals surface area contributed by atoms with Gasteiger partial charge in [-0.3, -0.25) is 0 Å². The van der Waals surface area contributed by atoms with Crippen LogP contribution >= 0.6 is 0 Å². The van der Waals surface area contributed by atoms with E-state index in [1.807, 2.05) is 12.1 Å². The molecule has 13 aromatic rings. The second kappa shape index (κ2) is 16.7. The molecule has 0 radical (unpaired) electrons. The molecule has 0 amide bonds. The zero-order valence-electron chi connectivity index (χ0n) is 37.4. The Morgan fingerprint density at radius 3 is 1.19 bits per heavy atom. The number of nitrogens with zero attached hydrogens (tertiary/aromatic N) is 4. The van der Waals surface area contributed by atoms with Gasteiger partial charge in [0.1, 0.15) is 11.2 Å². The van der Waals surface area contributed by atoms with E-state index in [0.29, 0.717) is 17.5 Å². The van der Waals surface area contributed by atoms with E-state index in [-0.39, 0.29) is 0 Å². The molecule has 0 aliphatic rings. The zero-order chi connectivity index (χ0) is 45.7. The zero-order valence-corrected chi connectivity index (χ0v) is 38.4. The summed E-state index contributed by atoms with van der Waals surface area (Å²) in [6.07, 6.45) is 0. The number of aromatic nitrogens is 4. The Hall–Kier alpha value is -8.97. The predicted octanol–water partition coefficient (Wildman–Crippen LogP) is 12.9. The summed E-state index contributed by atoms with van der Waals surface area (Å²) in [6, 6.07) is 90.9. The van der Waals surface area contributed by atoms with E-state index in [9.17, 15) is 0 Å². The van der Waals surface area contributed by atoms with E-state index < -0.39 is 8.07 Å². The first-order valence-electron chi connectivity index (χ1n) is 23.3. The van der Waals surface area contributed by atoms with Crippen LogP contribution in [0.1, 0.15) is 0 Å². The third-order valence-corrected chi connectivity index (χ3v) is 18.4. The molecule has 0 aliphatic carbocycles. The smallest absolute Gasteiger partial charge is 0.179 e. The Kier molecular flexibility index (Phi) is 9.77. The van der Waals surface area contributed by atoms with Gasteiger partial charge in [-0.1, -0.05) is 200 Å². The Balaban J connectivity index is 0.928. The molecular weight excluding hydrogens is 857 g/mol. The lowest BCUT2D eigenvalue weighted by Gasteiger charge is -2.34. The average Bonchev–Trinajstić information content (AvgIpc) is 3.98. The topological polar surface area (TPSA) is 56.7 Å². The molecule has 69 heavy (non-hydrogen) atoms. The summed E-state index contributed by atoms with van der Waals surface area (Å²) >= 11 is 0. The van der Waals surface area contributed by atoms with Crippen LogP contribution in [0.5, 0.6) is 0 Å². The number of rotatable bonds is 9. The highest BCUT2D eigenvalue weighted by Crippen LogP contribution is 2.35. The molecule has 324 valence electrons. The molecule has 6 heteroatoms. The van der Waals surface area contributed by atoms with E-state index in [1.54, 1.807) is 0 Å². The third-order valence-electron chi connectivity index (χ3n) is 13.7. The molecule has 0 N–H and O–H groups in total. The van der Waals surface area contributed by atoms with E-state index in [1.165, 1.54) is 42.6 Å². The highest BCUT2D eigenvalue weighted by molar-refractivity contribution is 7.19. The number of benzene rings is 10. The van der Waals surface area contributed by atoms with Gasteiger partial charge in [0, 0.05) is 43.9 Å². The van der Waals surface area contributed by atoms with Crippen molar-refractivity contribution in [1.29, 1.82) is 0 Å². The minimum atomic E-state index is -2.73. The number of hydrogen-bond donors (Lipinski definition) is 0. The lowest BCUT2D eigenvalue weighted by atomic mass is 10.0. The van der Waals surface area contributed by atoms with Crippen molar-refractivity contribution in [2.24, 2.45) is 0 Å². The van der Waals surface area contributed by atoms with E-state index in [4.69, 9.17) is 19.4 Å². The molecule has 3 aromatic heterocycles. The Morgan fingerprint density at radius 2 is 0.667 bits per heavy atom. The molecule has 3 heterocycles.